The zero-order valence-corrected chi connectivity index (χ0v) is 15.9. The van der Waals surface area contributed by atoms with Gasteiger partial charge in [-0.05, 0) is 42.3 Å². The van der Waals surface area contributed by atoms with Crippen LogP contribution in [0.15, 0.2) is 72.9 Å². The molecule has 122 valence electrons. The fourth-order valence-electron chi connectivity index (χ4n) is 3.03. The molecule has 0 unspecified atom stereocenters. The topological polar surface area (TPSA) is 38.7 Å². The molecular weight excluding hydrogens is 377 g/mol. The Kier molecular flexibility index (Phi) is 6.06. The molecule has 0 aliphatic carbocycles. The van der Waals surface area contributed by atoms with Crippen LogP contribution in [0.3, 0.4) is 0 Å². The van der Waals surface area contributed by atoms with Crippen LogP contribution in [0.1, 0.15) is 12.8 Å². The monoisotopic (exact) mass is 397 g/mol. The van der Waals surface area contributed by atoms with E-state index in [1.807, 2.05) is 6.07 Å². The molecule has 24 heavy (non-hydrogen) atoms. The second-order valence-corrected chi connectivity index (χ2v) is 9.93. The van der Waals surface area contributed by atoms with E-state index in [0.717, 1.165) is 29.8 Å². The van der Waals surface area contributed by atoms with Crippen LogP contribution in [0.5, 0.6) is 0 Å². The van der Waals surface area contributed by atoms with E-state index in [4.69, 9.17) is 0 Å². The first-order chi connectivity index (χ1) is 11.9. The summed E-state index contributed by atoms with van der Waals surface area (Å²) in [5.74, 6) is 0. The number of halogens is 1. The van der Waals surface area contributed by atoms with E-state index in [-0.39, 0.29) is 0 Å². The van der Waals surface area contributed by atoms with Gasteiger partial charge in [0.05, 0.1) is 12.4 Å². The van der Waals surface area contributed by atoms with Gasteiger partial charge in [-0.1, -0.05) is 57.4 Å². The Labute approximate surface area is 152 Å². The molecule has 0 amide bonds. The Morgan fingerprint density at radius 2 is 1.42 bits per heavy atom. The standard InChI is InChI=1S/C19H20BrN3P/c20-14-7-8-16-24(17-9-3-1-4-10-17,18-11-5-2-6-12-18)19-13-15-21-23-22-19/h1-6,9-13,15H,7-8,14,16H2/q+1/i20-4. The third kappa shape index (κ3) is 3.55. The Bertz CT molecular complexity index is 642. The van der Waals surface area contributed by atoms with Gasteiger partial charge in [0.1, 0.15) is 17.9 Å². The van der Waals surface area contributed by atoms with Crippen molar-refractivity contribution in [2.75, 3.05) is 11.5 Å². The summed E-state index contributed by atoms with van der Waals surface area (Å²) in [5, 5.41) is 16.0. The molecule has 0 atom stereocenters. The molecule has 3 nitrogen and oxygen atoms in total. The first kappa shape index (κ1) is 17.2. The van der Waals surface area contributed by atoms with Crippen molar-refractivity contribution in [2.45, 2.75) is 12.8 Å². The van der Waals surface area contributed by atoms with Crippen molar-refractivity contribution < 1.29 is 0 Å². The summed E-state index contributed by atoms with van der Waals surface area (Å²) in [5.41, 5.74) is 1.06. The highest BCUT2D eigenvalue weighted by atomic mass is 75.9. The Hall–Kier alpha value is -1.64. The highest BCUT2D eigenvalue weighted by molar-refractivity contribution is 9.09. The molecule has 0 saturated carbocycles. The second kappa shape index (κ2) is 8.46. The molecule has 0 saturated heterocycles. The molecule has 0 radical (unpaired) electrons. The average Bonchev–Trinajstić information content (AvgIpc) is 2.68. The maximum absolute atomic E-state index is 4.46. The van der Waals surface area contributed by atoms with Gasteiger partial charge < -0.3 is 0 Å². The lowest BCUT2D eigenvalue weighted by molar-refractivity contribution is 0.877. The molecule has 3 aromatic rings. The van der Waals surface area contributed by atoms with Crippen molar-refractivity contribution in [3.8, 4) is 0 Å². The number of unbranched alkanes of at least 4 members (excludes halogenated alkanes) is 1. The SMILES string of the molecule is [76Br]CCCC[P+](c1ccccc1)(c1ccccc1)c1ccnnn1. The van der Waals surface area contributed by atoms with E-state index in [2.05, 4.69) is 92.0 Å². The third-order valence-corrected chi connectivity index (χ3v) is 9.08. The van der Waals surface area contributed by atoms with Crippen molar-refractivity contribution in [2.24, 2.45) is 0 Å². The van der Waals surface area contributed by atoms with Gasteiger partial charge in [-0.3, -0.25) is 0 Å². The Morgan fingerprint density at radius 1 is 0.792 bits per heavy atom. The quantitative estimate of drug-likeness (QED) is 0.349. The second-order valence-electron chi connectivity index (χ2n) is 5.58. The van der Waals surface area contributed by atoms with Crippen molar-refractivity contribution in [3.05, 3.63) is 72.9 Å². The van der Waals surface area contributed by atoms with Gasteiger partial charge in [-0.2, -0.15) is 0 Å². The molecule has 0 fully saturated rings. The highest BCUT2D eigenvalue weighted by Crippen LogP contribution is 2.55. The zero-order valence-electron chi connectivity index (χ0n) is 13.4. The molecule has 3 rings (SSSR count). The highest BCUT2D eigenvalue weighted by Gasteiger charge is 2.46. The Balaban J connectivity index is 2.20. The number of hydrogen-bond donors (Lipinski definition) is 0. The summed E-state index contributed by atoms with van der Waals surface area (Å²) in [4.78, 5) is 0. The van der Waals surface area contributed by atoms with Gasteiger partial charge in [0.25, 0.3) is 0 Å². The van der Waals surface area contributed by atoms with Crippen molar-refractivity contribution in [1.82, 2.24) is 15.4 Å². The normalized spacial score (nSPS) is 11.4. The summed E-state index contributed by atoms with van der Waals surface area (Å²) >= 11 is 3.56. The molecule has 1 heterocycles. The smallest absolute Gasteiger partial charge is 0.138 e. The lowest BCUT2D eigenvalue weighted by Gasteiger charge is -2.25. The van der Waals surface area contributed by atoms with E-state index in [9.17, 15) is 0 Å². The number of aromatic nitrogens is 3. The lowest BCUT2D eigenvalue weighted by Crippen LogP contribution is -2.35. The minimum absolute atomic E-state index is 1.03. The van der Waals surface area contributed by atoms with Gasteiger partial charge in [0.15, 0.2) is 0 Å². The summed E-state index contributed by atoms with van der Waals surface area (Å²) in [6.45, 7) is 0. The van der Waals surface area contributed by atoms with Gasteiger partial charge in [-0.15, -0.1) is 5.10 Å². The van der Waals surface area contributed by atoms with E-state index < -0.39 is 7.26 Å². The number of hydrogen-bond acceptors (Lipinski definition) is 3. The van der Waals surface area contributed by atoms with E-state index in [0.29, 0.717) is 0 Å². The van der Waals surface area contributed by atoms with Crippen LogP contribution >= 0.6 is 23.2 Å². The van der Waals surface area contributed by atoms with Crippen LogP contribution in [0.2, 0.25) is 0 Å². The number of alkyl halides is 1. The predicted molar refractivity (Wildman–Crippen MR) is 106 cm³/mol. The van der Waals surface area contributed by atoms with Crippen LogP contribution in [0.25, 0.3) is 0 Å². The molecular formula is C19H20BrN3P+. The molecule has 1 aromatic heterocycles. The minimum Gasteiger partial charge on any atom is -0.138 e. The largest absolute Gasteiger partial charge is 0.216 e. The van der Waals surface area contributed by atoms with Gasteiger partial charge in [0.2, 0.25) is 5.44 Å². The fourth-order valence-corrected chi connectivity index (χ4v) is 7.58. The van der Waals surface area contributed by atoms with Crippen LogP contribution < -0.4 is 16.0 Å². The van der Waals surface area contributed by atoms with E-state index >= 15 is 0 Å². The molecule has 5 heteroatoms. The first-order valence-electron chi connectivity index (χ1n) is 8.08. The average molecular weight is 397 g/mol. The number of nitrogens with zero attached hydrogens (tertiary/aromatic N) is 3. The summed E-state index contributed by atoms with van der Waals surface area (Å²) in [7, 11) is -1.82. The van der Waals surface area contributed by atoms with Crippen molar-refractivity contribution in [3.63, 3.8) is 0 Å². The number of benzene rings is 2. The predicted octanol–water partition coefficient (Wildman–Crippen LogP) is 3.34. The fraction of sp³-hybridized carbons (Fsp3) is 0.211. The van der Waals surface area contributed by atoms with Crippen LogP contribution in [0.4, 0.5) is 0 Å². The maximum Gasteiger partial charge on any atom is 0.216 e. The van der Waals surface area contributed by atoms with Crippen LogP contribution in [0, 0.1) is 0 Å². The van der Waals surface area contributed by atoms with E-state index in [1.54, 1.807) is 6.20 Å². The minimum atomic E-state index is -1.82. The third-order valence-electron chi connectivity index (χ3n) is 4.15. The van der Waals surface area contributed by atoms with E-state index in [1.165, 1.54) is 10.6 Å². The zero-order chi connectivity index (χ0) is 16.7. The molecule has 2 aromatic carbocycles. The number of rotatable bonds is 7. The molecule has 0 N–H and O–H groups in total. The molecule has 0 bridgehead atoms. The molecule has 0 aliphatic rings. The van der Waals surface area contributed by atoms with Crippen molar-refractivity contribution in [1.29, 1.82) is 0 Å². The first-order valence-corrected chi connectivity index (χ1v) is 11.2. The Morgan fingerprint density at radius 3 is 1.92 bits per heavy atom. The van der Waals surface area contributed by atoms with Crippen LogP contribution in [-0.2, 0) is 0 Å². The summed E-state index contributed by atoms with van der Waals surface area (Å²) < 4.78 is 0. The molecule has 0 aliphatic heterocycles. The molecule has 0 spiro atoms. The maximum atomic E-state index is 4.46. The van der Waals surface area contributed by atoms with Gasteiger partial charge >= 0.3 is 0 Å². The summed E-state index contributed by atoms with van der Waals surface area (Å²) in [6, 6.07) is 23.6. The lowest BCUT2D eigenvalue weighted by atomic mass is 10.4. The van der Waals surface area contributed by atoms with Gasteiger partial charge in [0, 0.05) is 11.4 Å². The summed E-state index contributed by atoms with van der Waals surface area (Å²) in [6.07, 6.45) is 5.14. The van der Waals surface area contributed by atoms with Crippen molar-refractivity contribution >= 4 is 39.2 Å². The van der Waals surface area contributed by atoms with Gasteiger partial charge in [-0.25, -0.2) is 0 Å². The van der Waals surface area contributed by atoms with Crippen LogP contribution in [-0.4, -0.2) is 26.9 Å².